The average molecular weight is 306 g/mol. The SMILES string of the molecule is Cc1cccnc1CC(Cl)C1CCCCC1C(F)(F)F. The molecular formula is C15H19ClF3N. The molecule has 20 heavy (non-hydrogen) atoms. The summed E-state index contributed by atoms with van der Waals surface area (Å²) < 4.78 is 39.3. The summed E-state index contributed by atoms with van der Waals surface area (Å²) in [6.45, 7) is 1.91. The van der Waals surface area contributed by atoms with E-state index >= 15 is 0 Å². The molecule has 0 spiro atoms. The molecule has 1 fully saturated rings. The van der Waals surface area contributed by atoms with E-state index in [1.54, 1.807) is 6.20 Å². The second-order valence-electron chi connectivity index (χ2n) is 5.58. The van der Waals surface area contributed by atoms with Crippen molar-refractivity contribution in [3.05, 3.63) is 29.6 Å². The third kappa shape index (κ3) is 3.66. The van der Waals surface area contributed by atoms with Crippen molar-refractivity contribution in [2.75, 3.05) is 0 Å². The van der Waals surface area contributed by atoms with Gasteiger partial charge in [-0.2, -0.15) is 13.2 Å². The molecule has 112 valence electrons. The van der Waals surface area contributed by atoms with Gasteiger partial charge in [0.15, 0.2) is 0 Å². The number of nitrogens with zero attached hydrogens (tertiary/aromatic N) is 1. The molecule has 1 aromatic rings. The molecule has 0 aliphatic heterocycles. The Morgan fingerprint density at radius 3 is 2.70 bits per heavy atom. The molecule has 0 N–H and O–H groups in total. The Labute approximate surface area is 122 Å². The minimum atomic E-state index is -4.14. The van der Waals surface area contributed by atoms with Gasteiger partial charge in [0.2, 0.25) is 0 Å². The Balaban J connectivity index is 2.10. The molecule has 1 aromatic heterocycles. The van der Waals surface area contributed by atoms with Crippen LogP contribution in [0.25, 0.3) is 0 Å². The summed E-state index contributed by atoms with van der Waals surface area (Å²) in [5.74, 6) is -1.76. The molecule has 5 heteroatoms. The summed E-state index contributed by atoms with van der Waals surface area (Å²) in [5.41, 5.74) is 1.79. The van der Waals surface area contributed by atoms with Gasteiger partial charge in [-0.25, -0.2) is 0 Å². The van der Waals surface area contributed by atoms with E-state index in [1.807, 2.05) is 19.1 Å². The molecule has 1 aliphatic carbocycles. The first-order chi connectivity index (χ1) is 9.39. The zero-order valence-corrected chi connectivity index (χ0v) is 12.2. The van der Waals surface area contributed by atoms with Crippen molar-refractivity contribution < 1.29 is 13.2 Å². The van der Waals surface area contributed by atoms with Crippen molar-refractivity contribution in [1.82, 2.24) is 4.98 Å². The molecule has 0 radical (unpaired) electrons. The normalized spacial score (nSPS) is 25.4. The highest BCUT2D eigenvalue weighted by Gasteiger charge is 2.47. The fourth-order valence-corrected chi connectivity index (χ4v) is 3.51. The van der Waals surface area contributed by atoms with Crippen LogP contribution in [0.15, 0.2) is 18.3 Å². The van der Waals surface area contributed by atoms with E-state index in [9.17, 15) is 13.2 Å². The van der Waals surface area contributed by atoms with E-state index in [0.29, 0.717) is 19.3 Å². The summed E-state index contributed by atoms with van der Waals surface area (Å²) >= 11 is 6.33. The summed E-state index contributed by atoms with van der Waals surface area (Å²) in [6.07, 6.45) is 0.175. The number of hydrogen-bond donors (Lipinski definition) is 0. The monoisotopic (exact) mass is 305 g/mol. The van der Waals surface area contributed by atoms with Gasteiger partial charge in [-0.05, 0) is 37.3 Å². The maximum atomic E-state index is 13.1. The number of hydrogen-bond acceptors (Lipinski definition) is 1. The highest BCUT2D eigenvalue weighted by molar-refractivity contribution is 6.20. The van der Waals surface area contributed by atoms with Crippen LogP contribution in [0.2, 0.25) is 0 Å². The van der Waals surface area contributed by atoms with Gasteiger partial charge in [-0.1, -0.05) is 18.9 Å². The molecule has 0 amide bonds. The molecular weight excluding hydrogens is 287 g/mol. The van der Waals surface area contributed by atoms with E-state index in [4.69, 9.17) is 11.6 Å². The second-order valence-corrected chi connectivity index (χ2v) is 6.14. The van der Waals surface area contributed by atoms with E-state index in [2.05, 4.69) is 4.98 Å². The molecule has 1 saturated carbocycles. The number of aryl methyl sites for hydroxylation is 1. The standard InChI is InChI=1S/C15H19ClF3N/c1-10-5-4-8-20-14(10)9-13(16)11-6-2-3-7-12(11)15(17,18)19/h4-5,8,11-13H,2-3,6-7,9H2,1H3. The van der Waals surface area contributed by atoms with Crippen molar-refractivity contribution in [2.45, 2.75) is 50.6 Å². The minimum Gasteiger partial charge on any atom is -0.261 e. The van der Waals surface area contributed by atoms with E-state index in [1.165, 1.54) is 0 Å². The Kier molecular flexibility index (Phi) is 4.95. The molecule has 1 nitrogen and oxygen atoms in total. The summed E-state index contributed by atoms with van der Waals surface area (Å²) in [7, 11) is 0. The molecule has 0 bridgehead atoms. The predicted octanol–water partition coefficient (Wildman–Crippen LogP) is 4.91. The van der Waals surface area contributed by atoms with Gasteiger partial charge in [0.25, 0.3) is 0 Å². The van der Waals surface area contributed by atoms with Crippen molar-refractivity contribution in [2.24, 2.45) is 11.8 Å². The van der Waals surface area contributed by atoms with Crippen LogP contribution >= 0.6 is 11.6 Å². The van der Waals surface area contributed by atoms with Gasteiger partial charge in [0.05, 0.1) is 5.92 Å². The maximum absolute atomic E-state index is 13.1. The molecule has 3 atom stereocenters. The maximum Gasteiger partial charge on any atom is 0.392 e. The molecule has 0 saturated heterocycles. The lowest BCUT2D eigenvalue weighted by atomic mass is 9.76. The van der Waals surface area contributed by atoms with Crippen LogP contribution in [0.4, 0.5) is 13.2 Å². The van der Waals surface area contributed by atoms with Crippen LogP contribution in [0.3, 0.4) is 0 Å². The van der Waals surface area contributed by atoms with E-state index in [0.717, 1.165) is 17.7 Å². The van der Waals surface area contributed by atoms with Crippen molar-refractivity contribution in [3.8, 4) is 0 Å². The number of aromatic nitrogens is 1. The fourth-order valence-electron chi connectivity index (χ4n) is 3.07. The molecule has 1 heterocycles. The Morgan fingerprint density at radius 2 is 2.05 bits per heavy atom. The van der Waals surface area contributed by atoms with Gasteiger partial charge in [-0.3, -0.25) is 4.98 Å². The third-order valence-corrected chi connectivity index (χ3v) is 4.69. The molecule has 2 rings (SSSR count). The lowest BCUT2D eigenvalue weighted by Gasteiger charge is -2.35. The minimum absolute atomic E-state index is 0.207. The van der Waals surface area contributed by atoms with Crippen LogP contribution in [0.1, 0.15) is 36.9 Å². The summed E-state index contributed by atoms with van der Waals surface area (Å²) in [6, 6.07) is 3.73. The first kappa shape index (κ1) is 15.6. The predicted molar refractivity (Wildman–Crippen MR) is 73.8 cm³/mol. The molecule has 3 unspecified atom stereocenters. The topological polar surface area (TPSA) is 12.9 Å². The number of alkyl halides is 4. The van der Waals surface area contributed by atoms with Gasteiger partial charge in [0.1, 0.15) is 0 Å². The largest absolute Gasteiger partial charge is 0.392 e. The Morgan fingerprint density at radius 1 is 1.35 bits per heavy atom. The Bertz CT molecular complexity index is 447. The van der Waals surface area contributed by atoms with Crippen LogP contribution in [0.5, 0.6) is 0 Å². The summed E-state index contributed by atoms with van der Waals surface area (Å²) in [5, 5.41) is -0.504. The van der Waals surface area contributed by atoms with Crippen LogP contribution in [-0.4, -0.2) is 16.5 Å². The number of pyridine rings is 1. The van der Waals surface area contributed by atoms with Crippen molar-refractivity contribution in [1.29, 1.82) is 0 Å². The van der Waals surface area contributed by atoms with Gasteiger partial charge in [-0.15, -0.1) is 11.6 Å². The summed E-state index contributed by atoms with van der Waals surface area (Å²) in [4.78, 5) is 4.23. The van der Waals surface area contributed by atoms with Gasteiger partial charge >= 0.3 is 6.18 Å². The lowest BCUT2D eigenvalue weighted by Crippen LogP contribution is -2.38. The quantitative estimate of drug-likeness (QED) is 0.723. The lowest BCUT2D eigenvalue weighted by molar-refractivity contribution is -0.196. The highest BCUT2D eigenvalue weighted by Crippen LogP contribution is 2.44. The number of rotatable bonds is 3. The van der Waals surface area contributed by atoms with E-state index in [-0.39, 0.29) is 6.42 Å². The van der Waals surface area contributed by atoms with Crippen molar-refractivity contribution >= 4 is 11.6 Å². The zero-order valence-electron chi connectivity index (χ0n) is 11.5. The number of halogens is 4. The fraction of sp³-hybridized carbons (Fsp3) is 0.667. The van der Waals surface area contributed by atoms with Crippen LogP contribution in [-0.2, 0) is 6.42 Å². The first-order valence-corrected chi connectivity index (χ1v) is 7.44. The van der Waals surface area contributed by atoms with Gasteiger partial charge < -0.3 is 0 Å². The van der Waals surface area contributed by atoms with Crippen molar-refractivity contribution in [3.63, 3.8) is 0 Å². The van der Waals surface area contributed by atoms with Gasteiger partial charge in [0, 0.05) is 23.7 Å². The first-order valence-electron chi connectivity index (χ1n) is 7.01. The van der Waals surface area contributed by atoms with Crippen LogP contribution in [0, 0.1) is 18.8 Å². The smallest absolute Gasteiger partial charge is 0.261 e. The molecule has 1 aliphatic rings. The third-order valence-electron chi connectivity index (χ3n) is 4.21. The zero-order chi connectivity index (χ0) is 14.8. The van der Waals surface area contributed by atoms with E-state index < -0.39 is 23.4 Å². The second kappa shape index (κ2) is 6.33. The Hall–Kier alpha value is -0.770. The highest BCUT2D eigenvalue weighted by atomic mass is 35.5. The molecule has 0 aromatic carbocycles. The average Bonchev–Trinajstić information content (AvgIpc) is 2.40. The van der Waals surface area contributed by atoms with Crippen LogP contribution < -0.4 is 0 Å².